The van der Waals surface area contributed by atoms with Crippen LogP contribution in [0.3, 0.4) is 0 Å². The summed E-state index contributed by atoms with van der Waals surface area (Å²) < 4.78 is 66.6. The molecule has 1 aromatic heterocycles. The highest BCUT2D eigenvalue weighted by Crippen LogP contribution is 2.48. The van der Waals surface area contributed by atoms with Gasteiger partial charge in [0.25, 0.3) is 5.91 Å². The summed E-state index contributed by atoms with van der Waals surface area (Å²) in [5.74, 6) is -2.23. The average Bonchev–Trinajstić information content (AvgIpc) is 3.03. The van der Waals surface area contributed by atoms with Crippen LogP contribution >= 0.6 is 0 Å². The van der Waals surface area contributed by atoms with Crippen LogP contribution in [0.15, 0.2) is 21.6 Å². The van der Waals surface area contributed by atoms with E-state index in [0.717, 1.165) is 25.3 Å². The highest BCUT2D eigenvalue weighted by molar-refractivity contribution is 7.90. The van der Waals surface area contributed by atoms with Crippen LogP contribution in [-0.4, -0.2) is 32.3 Å². The zero-order valence-electron chi connectivity index (χ0n) is 11.3. The summed E-state index contributed by atoms with van der Waals surface area (Å²) >= 11 is 0. The van der Waals surface area contributed by atoms with Gasteiger partial charge in [-0.1, -0.05) is 0 Å². The SMILES string of the molecule is CC(NC(=O)c1ccc(S(C)(=O)=O)o1)(C1CC1)C(F)(F)F. The number of hydrogen-bond acceptors (Lipinski definition) is 4. The first-order valence-electron chi connectivity index (χ1n) is 6.14. The van der Waals surface area contributed by atoms with E-state index in [4.69, 9.17) is 4.42 Å². The predicted octanol–water partition coefficient (Wildman–Crippen LogP) is 2.14. The maximum Gasteiger partial charge on any atom is 0.411 e. The third-order valence-electron chi connectivity index (χ3n) is 3.53. The maximum absolute atomic E-state index is 13.1. The third-order valence-corrected chi connectivity index (χ3v) is 4.48. The van der Waals surface area contributed by atoms with Crippen molar-refractivity contribution in [1.82, 2.24) is 5.32 Å². The summed E-state index contributed by atoms with van der Waals surface area (Å²) in [6, 6.07) is 2.07. The Kier molecular flexibility index (Phi) is 3.59. The van der Waals surface area contributed by atoms with Gasteiger partial charge < -0.3 is 9.73 Å². The van der Waals surface area contributed by atoms with Gasteiger partial charge in [0.1, 0.15) is 5.54 Å². The van der Waals surface area contributed by atoms with Crippen molar-refractivity contribution in [1.29, 1.82) is 0 Å². The number of nitrogens with one attached hydrogen (secondary N) is 1. The first-order valence-corrected chi connectivity index (χ1v) is 8.03. The molecule has 0 spiro atoms. The Bertz CT molecular complexity index is 660. The molecule has 1 heterocycles. The van der Waals surface area contributed by atoms with Gasteiger partial charge in [0.15, 0.2) is 5.76 Å². The summed E-state index contributed by atoms with van der Waals surface area (Å²) in [6.07, 6.45) is -2.97. The van der Waals surface area contributed by atoms with E-state index >= 15 is 0 Å². The lowest BCUT2D eigenvalue weighted by atomic mass is 9.94. The smallest absolute Gasteiger partial charge is 0.411 e. The Morgan fingerprint density at radius 3 is 2.29 bits per heavy atom. The van der Waals surface area contributed by atoms with Crippen molar-refractivity contribution in [2.75, 3.05) is 6.26 Å². The van der Waals surface area contributed by atoms with Gasteiger partial charge >= 0.3 is 6.18 Å². The number of amides is 1. The fourth-order valence-electron chi connectivity index (χ4n) is 2.00. The monoisotopic (exact) mass is 325 g/mol. The number of alkyl halides is 3. The number of hydrogen-bond donors (Lipinski definition) is 1. The Morgan fingerprint density at radius 2 is 1.90 bits per heavy atom. The lowest BCUT2D eigenvalue weighted by Gasteiger charge is -2.32. The van der Waals surface area contributed by atoms with Crippen LogP contribution in [0.5, 0.6) is 0 Å². The van der Waals surface area contributed by atoms with Crippen LogP contribution < -0.4 is 5.32 Å². The molecule has 5 nitrogen and oxygen atoms in total. The molecule has 0 aromatic carbocycles. The summed E-state index contributed by atoms with van der Waals surface area (Å²) in [5.41, 5.74) is -2.35. The minimum atomic E-state index is -4.60. The molecule has 1 saturated carbocycles. The van der Waals surface area contributed by atoms with Crippen LogP contribution in [-0.2, 0) is 9.84 Å². The van der Waals surface area contributed by atoms with Crippen LogP contribution in [0.25, 0.3) is 0 Å². The molecule has 1 fully saturated rings. The van der Waals surface area contributed by atoms with E-state index < -0.39 is 44.2 Å². The number of sulfone groups is 1. The molecule has 0 saturated heterocycles. The van der Waals surface area contributed by atoms with E-state index in [1.165, 1.54) is 0 Å². The van der Waals surface area contributed by atoms with Crippen LogP contribution in [0, 0.1) is 5.92 Å². The van der Waals surface area contributed by atoms with Crippen LogP contribution in [0.2, 0.25) is 0 Å². The molecule has 1 aliphatic rings. The molecule has 1 atom stereocenters. The van der Waals surface area contributed by atoms with Gasteiger partial charge in [0.05, 0.1) is 0 Å². The minimum absolute atomic E-state index is 0.378. The normalized spacial score (nSPS) is 19.1. The number of rotatable bonds is 4. The van der Waals surface area contributed by atoms with E-state index in [0.29, 0.717) is 12.8 Å². The van der Waals surface area contributed by atoms with E-state index in [2.05, 4.69) is 0 Å². The van der Waals surface area contributed by atoms with Gasteiger partial charge in [-0.15, -0.1) is 0 Å². The molecular weight excluding hydrogens is 311 g/mol. The van der Waals surface area contributed by atoms with Crippen LogP contribution in [0.1, 0.15) is 30.3 Å². The van der Waals surface area contributed by atoms with Crippen molar-refractivity contribution >= 4 is 15.7 Å². The second-order valence-electron chi connectivity index (χ2n) is 5.32. The Morgan fingerprint density at radius 1 is 1.33 bits per heavy atom. The standard InChI is InChI=1S/C12H14F3NO4S/c1-11(7-3-4-7,12(13,14)15)16-10(17)8-5-6-9(20-8)21(2,18)19/h5-7H,3-4H2,1-2H3,(H,16,17). The quantitative estimate of drug-likeness (QED) is 0.920. The highest BCUT2D eigenvalue weighted by Gasteiger charge is 2.60. The second kappa shape index (κ2) is 4.75. The molecule has 118 valence electrons. The molecule has 21 heavy (non-hydrogen) atoms. The third kappa shape index (κ3) is 3.07. The van der Waals surface area contributed by atoms with Crippen molar-refractivity contribution in [3.05, 3.63) is 17.9 Å². The summed E-state index contributed by atoms with van der Waals surface area (Å²) in [4.78, 5) is 11.9. The molecule has 1 amide bonds. The first kappa shape index (κ1) is 15.9. The number of carbonyl (C=O) groups is 1. The molecule has 0 radical (unpaired) electrons. The zero-order valence-corrected chi connectivity index (χ0v) is 12.1. The summed E-state index contributed by atoms with van der Waals surface area (Å²) in [6.45, 7) is 0.920. The van der Waals surface area contributed by atoms with Crippen molar-refractivity contribution in [3.63, 3.8) is 0 Å². The Labute approximate surface area is 119 Å². The van der Waals surface area contributed by atoms with Crippen molar-refractivity contribution < 1.29 is 30.8 Å². The van der Waals surface area contributed by atoms with E-state index in [1.54, 1.807) is 0 Å². The molecule has 0 aliphatic heterocycles. The summed E-state index contributed by atoms with van der Waals surface area (Å²) in [5, 5.41) is 1.46. The molecule has 9 heteroatoms. The Balaban J connectivity index is 2.23. The van der Waals surface area contributed by atoms with Gasteiger partial charge in [0, 0.05) is 6.26 Å². The molecule has 1 aliphatic carbocycles. The predicted molar refractivity (Wildman–Crippen MR) is 66.5 cm³/mol. The average molecular weight is 325 g/mol. The summed E-state index contributed by atoms with van der Waals surface area (Å²) in [7, 11) is -3.66. The minimum Gasteiger partial charge on any atom is -0.440 e. The topological polar surface area (TPSA) is 76.4 Å². The van der Waals surface area contributed by atoms with Gasteiger partial charge in [-0.3, -0.25) is 4.79 Å². The first-order chi connectivity index (χ1) is 9.45. The van der Waals surface area contributed by atoms with Crippen molar-refractivity contribution in [3.8, 4) is 0 Å². The van der Waals surface area contributed by atoms with Gasteiger partial charge in [0.2, 0.25) is 14.9 Å². The molecule has 1 unspecified atom stereocenters. The largest absolute Gasteiger partial charge is 0.440 e. The Hall–Kier alpha value is -1.51. The fraction of sp³-hybridized carbons (Fsp3) is 0.583. The number of carbonyl (C=O) groups excluding carboxylic acids is 1. The van der Waals surface area contributed by atoms with E-state index in [1.807, 2.05) is 5.32 Å². The van der Waals surface area contributed by atoms with Gasteiger partial charge in [-0.2, -0.15) is 13.2 Å². The van der Waals surface area contributed by atoms with Gasteiger partial charge in [-0.05, 0) is 37.8 Å². The number of furan rings is 1. The van der Waals surface area contributed by atoms with Crippen molar-refractivity contribution in [2.24, 2.45) is 5.92 Å². The lowest BCUT2D eigenvalue weighted by molar-refractivity contribution is -0.194. The maximum atomic E-state index is 13.1. The zero-order chi connectivity index (χ0) is 16.1. The fourth-order valence-corrected chi connectivity index (χ4v) is 2.56. The van der Waals surface area contributed by atoms with E-state index in [9.17, 15) is 26.4 Å². The molecule has 0 bridgehead atoms. The molecular formula is C12H14F3NO4S. The van der Waals surface area contributed by atoms with E-state index in [-0.39, 0.29) is 0 Å². The lowest BCUT2D eigenvalue weighted by Crippen LogP contribution is -2.58. The second-order valence-corrected chi connectivity index (χ2v) is 7.27. The molecule has 1 aromatic rings. The van der Waals surface area contributed by atoms with Gasteiger partial charge in [-0.25, -0.2) is 8.42 Å². The van der Waals surface area contributed by atoms with Crippen molar-refractivity contribution in [2.45, 2.75) is 36.6 Å². The molecule has 2 rings (SSSR count). The van der Waals surface area contributed by atoms with Crippen LogP contribution in [0.4, 0.5) is 13.2 Å². The molecule has 1 N–H and O–H groups in total. The highest BCUT2D eigenvalue weighted by atomic mass is 32.2. The number of halogens is 3.